The molecule has 3 heterocycles. The SMILES string of the molecule is Cc1nnc(NC(=O)Cc2[nH]c3cccc4c3c2C[C@@H]2C4CCCN2C)s1. The van der Waals surface area contributed by atoms with Gasteiger partial charge in [0, 0.05) is 28.6 Å². The highest BCUT2D eigenvalue weighted by Crippen LogP contribution is 2.44. The van der Waals surface area contributed by atoms with Crippen molar-refractivity contribution in [3.63, 3.8) is 0 Å². The van der Waals surface area contributed by atoms with E-state index in [0.29, 0.717) is 23.5 Å². The molecular formula is C20H23N5OS. The first-order chi connectivity index (χ1) is 13.1. The largest absolute Gasteiger partial charge is 0.358 e. The van der Waals surface area contributed by atoms with Crippen molar-refractivity contribution in [3.05, 3.63) is 40.0 Å². The number of likely N-dealkylation sites (N-methyl/N-ethyl adjacent to an activating group) is 1. The first kappa shape index (κ1) is 16.9. The number of nitrogens with one attached hydrogen (secondary N) is 2. The Labute approximate surface area is 162 Å². The van der Waals surface area contributed by atoms with Gasteiger partial charge in [0.25, 0.3) is 0 Å². The summed E-state index contributed by atoms with van der Waals surface area (Å²) in [4.78, 5) is 18.6. The number of carbonyl (C=O) groups excluding carboxylic acids is 1. The number of likely N-dealkylation sites (tertiary alicyclic amines) is 1. The Balaban J connectivity index is 1.49. The molecule has 1 aliphatic carbocycles. The quantitative estimate of drug-likeness (QED) is 0.730. The molecule has 0 bridgehead atoms. The van der Waals surface area contributed by atoms with Crippen LogP contribution in [-0.4, -0.2) is 45.6 Å². The Bertz CT molecular complexity index is 1020. The van der Waals surface area contributed by atoms with Gasteiger partial charge in [0.1, 0.15) is 5.01 Å². The van der Waals surface area contributed by atoms with Crippen LogP contribution in [0.25, 0.3) is 10.9 Å². The number of fused-ring (bicyclic) bond motifs is 2. The van der Waals surface area contributed by atoms with Crippen LogP contribution < -0.4 is 5.32 Å². The summed E-state index contributed by atoms with van der Waals surface area (Å²) in [6.07, 6.45) is 3.86. The van der Waals surface area contributed by atoms with Crippen molar-refractivity contribution in [1.29, 1.82) is 0 Å². The van der Waals surface area contributed by atoms with Crippen molar-refractivity contribution in [2.75, 3.05) is 18.9 Å². The van der Waals surface area contributed by atoms with E-state index in [1.54, 1.807) is 0 Å². The van der Waals surface area contributed by atoms with Crippen molar-refractivity contribution in [1.82, 2.24) is 20.1 Å². The highest BCUT2D eigenvalue weighted by Gasteiger charge is 2.37. The van der Waals surface area contributed by atoms with Crippen LogP contribution in [0.1, 0.15) is 40.6 Å². The fourth-order valence-electron chi connectivity index (χ4n) is 4.85. The van der Waals surface area contributed by atoms with Crippen LogP contribution in [0.15, 0.2) is 18.2 Å². The van der Waals surface area contributed by atoms with Gasteiger partial charge in [-0.3, -0.25) is 4.79 Å². The zero-order valence-electron chi connectivity index (χ0n) is 15.6. The standard InChI is InChI=1S/C20H23N5OS/c1-11-23-24-20(27-11)22-18(26)10-16-14-9-17-12(6-4-8-25(17)2)13-5-3-7-15(21-16)19(13)14/h3,5,7,12,17,21H,4,6,8-10H2,1-2H3,(H,22,24,26)/t12?,17-/m1/s1. The van der Waals surface area contributed by atoms with E-state index in [2.05, 4.69) is 50.6 Å². The van der Waals surface area contributed by atoms with Crippen molar-refractivity contribution in [2.24, 2.45) is 0 Å². The number of aryl methyl sites for hydroxylation is 1. The van der Waals surface area contributed by atoms with E-state index in [9.17, 15) is 4.79 Å². The molecule has 2 aliphatic rings. The minimum absolute atomic E-state index is 0.0466. The second kappa shape index (κ2) is 6.42. The van der Waals surface area contributed by atoms with Gasteiger partial charge in [0.15, 0.2) is 0 Å². The second-order valence-electron chi connectivity index (χ2n) is 7.70. The predicted molar refractivity (Wildman–Crippen MR) is 107 cm³/mol. The lowest BCUT2D eigenvalue weighted by Crippen LogP contribution is -2.44. The maximum atomic E-state index is 12.6. The lowest BCUT2D eigenvalue weighted by atomic mass is 9.74. The fourth-order valence-corrected chi connectivity index (χ4v) is 5.46. The molecule has 6 nitrogen and oxygen atoms in total. The average Bonchev–Trinajstić information content (AvgIpc) is 3.20. The Morgan fingerprint density at radius 3 is 3.11 bits per heavy atom. The summed E-state index contributed by atoms with van der Waals surface area (Å²) in [6, 6.07) is 7.08. The molecule has 2 aromatic heterocycles. The number of aromatic nitrogens is 3. The van der Waals surface area contributed by atoms with Crippen LogP contribution in [0.3, 0.4) is 0 Å². The number of nitrogens with zero attached hydrogens (tertiary/aromatic N) is 3. The maximum absolute atomic E-state index is 12.6. The smallest absolute Gasteiger partial charge is 0.232 e. The number of rotatable bonds is 3. The van der Waals surface area contributed by atoms with Gasteiger partial charge < -0.3 is 15.2 Å². The fraction of sp³-hybridized carbons (Fsp3) is 0.450. The maximum Gasteiger partial charge on any atom is 0.232 e. The zero-order valence-corrected chi connectivity index (χ0v) is 16.4. The highest BCUT2D eigenvalue weighted by molar-refractivity contribution is 7.15. The van der Waals surface area contributed by atoms with E-state index in [0.717, 1.165) is 29.2 Å². The van der Waals surface area contributed by atoms with Gasteiger partial charge in [-0.25, -0.2) is 0 Å². The molecule has 0 saturated carbocycles. The molecule has 0 radical (unpaired) electrons. The Morgan fingerprint density at radius 2 is 2.30 bits per heavy atom. The van der Waals surface area contributed by atoms with Gasteiger partial charge in [-0.2, -0.15) is 0 Å². The zero-order chi connectivity index (χ0) is 18.5. The Kier molecular flexibility index (Phi) is 4.02. The number of aromatic amines is 1. The van der Waals surface area contributed by atoms with Crippen LogP contribution in [0.4, 0.5) is 5.13 Å². The number of carbonyl (C=O) groups is 1. The molecule has 2 atom stereocenters. The molecule has 7 heteroatoms. The van der Waals surface area contributed by atoms with E-state index in [1.165, 1.54) is 40.7 Å². The minimum Gasteiger partial charge on any atom is -0.358 e. The third-order valence-electron chi connectivity index (χ3n) is 6.03. The van der Waals surface area contributed by atoms with E-state index in [1.807, 2.05) is 6.92 Å². The van der Waals surface area contributed by atoms with E-state index in [4.69, 9.17) is 0 Å². The van der Waals surface area contributed by atoms with Crippen LogP contribution in [0.5, 0.6) is 0 Å². The summed E-state index contributed by atoms with van der Waals surface area (Å²) >= 11 is 1.40. The van der Waals surface area contributed by atoms with Gasteiger partial charge in [-0.05, 0) is 57.0 Å². The molecule has 2 N–H and O–H groups in total. The van der Waals surface area contributed by atoms with E-state index >= 15 is 0 Å². The summed E-state index contributed by atoms with van der Waals surface area (Å²) < 4.78 is 0. The first-order valence-corrected chi connectivity index (χ1v) is 10.3. The molecule has 1 aliphatic heterocycles. The lowest BCUT2D eigenvalue weighted by Gasteiger charge is -2.42. The van der Waals surface area contributed by atoms with E-state index in [-0.39, 0.29) is 5.91 Å². The van der Waals surface area contributed by atoms with Gasteiger partial charge in [0.05, 0.1) is 6.42 Å². The summed E-state index contributed by atoms with van der Waals surface area (Å²) in [7, 11) is 2.23. The van der Waals surface area contributed by atoms with Crippen molar-refractivity contribution >= 4 is 33.3 Å². The molecule has 5 rings (SSSR count). The summed E-state index contributed by atoms with van der Waals surface area (Å²) in [5.41, 5.74) is 4.96. The lowest BCUT2D eigenvalue weighted by molar-refractivity contribution is -0.115. The Morgan fingerprint density at radius 1 is 1.41 bits per heavy atom. The molecule has 3 aromatic rings. The first-order valence-electron chi connectivity index (χ1n) is 9.52. The molecule has 1 fully saturated rings. The van der Waals surface area contributed by atoms with Crippen LogP contribution in [-0.2, 0) is 17.6 Å². The monoisotopic (exact) mass is 381 g/mol. The molecule has 1 aromatic carbocycles. The number of H-pyrrole nitrogens is 1. The predicted octanol–water partition coefficient (Wildman–Crippen LogP) is 3.24. The Hall–Kier alpha value is -2.25. The molecule has 1 unspecified atom stereocenters. The normalized spacial score (nSPS) is 22.0. The van der Waals surface area contributed by atoms with Crippen molar-refractivity contribution in [3.8, 4) is 0 Å². The van der Waals surface area contributed by atoms with Gasteiger partial charge in [-0.15, -0.1) is 10.2 Å². The molecule has 27 heavy (non-hydrogen) atoms. The molecule has 1 saturated heterocycles. The minimum atomic E-state index is -0.0466. The van der Waals surface area contributed by atoms with Gasteiger partial charge >= 0.3 is 0 Å². The van der Waals surface area contributed by atoms with Gasteiger partial charge in [-0.1, -0.05) is 23.5 Å². The van der Waals surface area contributed by atoms with Gasteiger partial charge in [0.2, 0.25) is 11.0 Å². The molecule has 1 amide bonds. The van der Waals surface area contributed by atoms with Crippen LogP contribution in [0, 0.1) is 6.92 Å². The summed E-state index contributed by atoms with van der Waals surface area (Å²) in [6.45, 7) is 3.04. The number of hydrogen-bond acceptors (Lipinski definition) is 5. The third-order valence-corrected chi connectivity index (χ3v) is 6.78. The third kappa shape index (κ3) is 2.85. The summed E-state index contributed by atoms with van der Waals surface area (Å²) in [5, 5.41) is 13.6. The highest BCUT2D eigenvalue weighted by atomic mass is 32.1. The second-order valence-corrected chi connectivity index (χ2v) is 8.89. The topological polar surface area (TPSA) is 73.9 Å². The van der Waals surface area contributed by atoms with Crippen molar-refractivity contribution in [2.45, 2.75) is 44.6 Å². The number of amides is 1. The number of hydrogen-bond donors (Lipinski definition) is 2. The average molecular weight is 382 g/mol. The number of anilines is 1. The van der Waals surface area contributed by atoms with Crippen LogP contribution in [0.2, 0.25) is 0 Å². The van der Waals surface area contributed by atoms with E-state index < -0.39 is 0 Å². The molecular weight excluding hydrogens is 358 g/mol. The van der Waals surface area contributed by atoms with Crippen molar-refractivity contribution < 1.29 is 4.79 Å². The molecule has 0 spiro atoms. The summed E-state index contributed by atoms with van der Waals surface area (Å²) in [5.74, 6) is 0.552. The number of piperidine rings is 1. The molecule has 140 valence electrons. The van der Waals surface area contributed by atoms with Crippen LogP contribution >= 0.6 is 11.3 Å². The number of benzene rings is 1.